The van der Waals surface area contributed by atoms with Crippen LogP contribution in [0.25, 0.3) is 11.2 Å². The Labute approximate surface area is 201 Å². The minimum Gasteiger partial charge on any atom is -0.609 e. The topological polar surface area (TPSA) is 129 Å². The fraction of sp³-hybridized carbons (Fsp3) is 0.522. The van der Waals surface area contributed by atoms with Gasteiger partial charge in [0.2, 0.25) is 11.9 Å². The van der Waals surface area contributed by atoms with Crippen LogP contribution in [0.1, 0.15) is 37.3 Å². The summed E-state index contributed by atoms with van der Waals surface area (Å²) in [4.78, 5) is 34.8. The number of rotatable bonds is 5. The third-order valence-electron chi connectivity index (χ3n) is 6.88. The lowest BCUT2D eigenvalue weighted by atomic mass is 9.93. The van der Waals surface area contributed by atoms with Crippen LogP contribution < -0.4 is 5.73 Å². The van der Waals surface area contributed by atoms with Crippen molar-refractivity contribution < 1.29 is 9.35 Å². The SMILES string of the molecule is C[S+]([O-])c1nc2cccnc2n1C1CCN(C(=O)C2CCN(Cc3cnc(N)nc3)CC2)CC1. The molecule has 3 aromatic rings. The summed E-state index contributed by atoms with van der Waals surface area (Å²) >= 11 is -1.20. The molecule has 2 aliphatic heterocycles. The minimum absolute atomic E-state index is 0.0740. The molecule has 0 spiro atoms. The fourth-order valence-corrected chi connectivity index (χ4v) is 5.83. The Kier molecular flexibility index (Phi) is 6.66. The highest BCUT2D eigenvalue weighted by Crippen LogP contribution is 2.31. The number of anilines is 1. The molecule has 0 saturated carbocycles. The highest BCUT2D eigenvalue weighted by atomic mass is 32.2. The predicted molar refractivity (Wildman–Crippen MR) is 129 cm³/mol. The molecule has 10 nitrogen and oxygen atoms in total. The monoisotopic (exact) mass is 482 g/mol. The lowest BCUT2D eigenvalue weighted by Crippen LogP contribution is -2.45. The highest BCUT2D eigenvalue weighted by molar-refractivity contribution is 7.90. The van der Waals surface area contributed by atoms with Crippen molar-refractivity contribution in [1.82, 2.24) is 34.3 Å². The van der Waals surface area contributed by atoms with Gasteiger partial charge in [-0.1, -0.05) is 0 Å². The van der Waals surface area contributed by atoms with Crippen molar-refractivity contribution in [3.63, 3.8) is 0 Å². The number of amides is 1. The van der Waals surface area contributed by atoms with Gasteiger partial charge in [0.05, 0.1) is 0 Å². The maximum Gasteiger partial charge on any atom is 0.325 e. The fourth-order valence-electron chi connectivity index (χ4n) is 5.09. The van der Waals surface area contributed by atoms with E-state index in [-0.39, 0.29) is 23.8 Å². The quantitative estimate of drug-likeness (QED) is 0.543. The summed E-state index contributed by atoms with van der Waals surface area (Å²) in [5.74, 6) is 0.625. The molecule has 2 aliphatic rings. The van der Waals surface area contributed by atoms with Gasteiger partial charge in [-0.3, -0.25) is 14.3 Å². The van der Waals surface area contributed by atoms with Crippen LogP contribution in [-0.4, -0.2) is 77.2 Å². The van der Waals surface area contributed by atoms with E-state index in [4.69, 9.17) is 5.73 Å². The molecule has 11 heteroatoms. The Bertz CT molecular complexity index is 1140. The van der Waals surface area contributed by atoms with E-state index < -0.39 is 11.2 Å². The number of nitrogens with zero attached hydrogens (tertiary/aromatic N) is 7. The molecule has 2 fully saturated rings. The van der Waals surface area contributed by atoms with Gasteiger partial charge in [0.25, 0.3) is 0 Å². The average molecular weight is 483 g/mol. The summed E-state index contributed by atoms with van der Waals surface area (Å²) in [7, 11) is 0. The van der Waals surface area contributed by atoms with Crippen LogP contribution in [0.5, 0.6) is 0 Å². The molecule has 0 radical (unpaired) electrons. The number of pyridine rings is 1. The molecule has 0 aliphatic carbocycles. The normalized spacial score (nSPS) is 19.5. The zero-order valence-electron chi connectivity index (χ0n) is 19.3. The van der Waals surface area contributed by atoms with Crippen LogP contribution in [0.4, 0.5) is 5.95 Å². The number of fused-ring (bicyclic) bond motifs is 1. The van der Waals surface area contributed by atoms with Crippen LogP contribution >= 0.6 is 0 Å². The first-order chi connectivity index (χ1) is 16.5. The molecule has 1 amide bonds. The molecule has 2 saturated heterocycles. The predicted octanol–water partition coefficient (Wildman–Crippen LogP) is 1.62. The number of nitrogen functional groups attached to an aromatic ring is 1. The molecule has 2 N–H and O–H groups in total. The third kappa shape index (κ3) is 4.73. The van der Waals surface area contributed by atoms with Gasteiger partial charge in [-0.05, 0) is 50.9 Å². The van der Waals surface area contributed by atoms with E-state index in [2.05, 4.69) is 24.8 Å². The van der Waals surface area contributed by atoms with Gasteiger partial charge < -0.3 is 15.2 Å². The van der Waals surface area contributed by atoms with E-state index in [1.54, 1.807) is 24.8 Å². The van der Waals surface area contributed by atoms with Crippen molar-refractivity contribution in [3.8, 4) is 0 Å². The van der Waals surface area contributed by atoms with E-state index in [1.807, 2.05) is 21.6 Å². The molecular weight excluding hydrogens is 452 g/mol. The third-order valence-corrected chi connectivity index (χ3v) is 7.69. The van der Waals surface area contributed by atoms with Crippen LogP contribution in [0.3, 0.4) is 0 Å². The maximum absolute atomic E-state index is 13.2. The summed E-state index contributed by atoms with van der Waals surface area (Å²) in [5, 5.41) is 0.567. The van der Waals surface area contributed by atoms with E-state index in [0.717, 1.165) is 62.0 Å². The minimum atomic E-state index is -1.20. The second-order valence-electron chi connectivity index (χ2n) is 9.12. The number of carbonyl (C=O) groups excluding carboxylic acids is 1. The summed E-state index contributed by atoms with van der Waals surface area (Å²) in [5.41, 5.74) is 8.14. The number of nitrogens with two attached hydrogens (primary N) is 1. The van der Waals surface area contributed by atoms with Crippen LogP contribution in [0, 0.1) is 5.92 Å². The molecule has 1 unspecified atom stereocenters. The molecule has 34 heavy (non-hydrogen) atoms. The van der Waals surface area contributed by atoms with E-state index in [9.17, 15) is 9.35 Å². The Balaban J connectivity index is 1.17. The van der Waals surface area contributed by atoms with Crippen LogP contribution in [-0.2, 0) is 22.5 Å². The van der Waals surface area contributed by atoms with Gasteiger partial charge in [-0.25, -0.2) is 15.0 Å². The average Bonchev–Trinajstić information content (AvgIpc) is 3.26. The van der Waals surface area contributed by atoms with E-state index in [0.29, 0.717) is 18.2 Å². The van der Waals surface area contributed by atoms with Crippen LogP contribution in [0.15, 0.2) is 35.9 Å². The first kappa shape index (κ1) is 23.0. The van der Waals surface area contributed by atoms with E-state index >= 15 is 0 Å². The number of hydrogen-bond acceptors (Lipinski definition) is 8. The molecule has 3 aromatic heterocycles. The molecule has 0 bridgehead atoms. The number of aromatic nitrogens is 5. The Hall–Kier alpha value is -2.76. The Morgan fingerprint density at radius 3 is 2.50 bits per heavy atom. The van der Waals surface area contributed by atoms with Gasteiger partial charge in [-0.2, -0.15) is 4.98 Å². The molecular formula is C23H30N8O2S. The number of hydrogen-bond donors (Lipinski definition) is 1. The molecule has 180 valence electrons. The second-order valence-corrected chi connectivity index (χ2v) is 10.4. The summed E-state index contributed by atoms with van der Waals surface area (Å²) < 4.78 is 14.4. The van der Waals surface area contributed by atoms with Gasteiger partial charge in [0, 0.05) is 66.9 Å². The number of likely N-dealkylation sites (tertiary alicyclic amines) is 2. The maximum atomic E-state index is 13.2. The van der Waals surface area contributed by atoms with Crippen molar-refractivity contribution in [2.45, 2.75) is 43.4 Å². The van der Waals surface area contributed by atoms with E-state index in [1.165, 1.54) is 0 Å². The Morgan fingerprint density at radius 1 is 1.12 bits per heavy atom. The second kappa shape index (κ2) is 9.85. The summed E-state index contributed by atoms with van der Waals surface area (Å²) in [6.45, 7) is 3.95. The Morgan fingerprint density at radius 2 is 1.82 bits per heavy atom. The van der Waals surface area contributed by atoms with Crippen LogP contribution in [0.2, 0.25) is 0 Å². The van der Waals surface area contributed by atoms with Gasteiger partial charge in [0.1, 0.15) is 11.8 Å². The molecule has 0 aromatic carbocycles. The van der Waals surface area contributed by atoms with Crippen molar-refractivity contribution in [3.05, 3.63) is 36.3 Å². The lowest BCUT2D eigenvalue weighted by molar-refractivity contribution is -0.138. The molecule has 1 atom stereocenters. The number of imidazole rings is 1. The molecule has 5 heterocycles. The zero-order valence-corrected chi connectivity index (χ0v) is 20.2. The van der Waals surface area contributed by atoms with Crippen molar-refractivity contribution in [1.29, 1.82) is 0 Å². The van der Waals surface area contributed by atoms with Gasteiger partial charge >= 0.3 is 5.16 Å². The smallest absolute Gasteiger partial charge is 0.325 e. The summed E-state index contributed by atoms with van der Waals surface area (Å²) in [6, 6.07) is 3.89. The summed E-state index contributed by atoms with van der Waals surface area (Å²) in [6.07, 6.45) is 10.3. The first-order valence-electron chi connectivity index (χ1n) is 11.7. The van der Waals surface area contributed by atoms with Crippen molar-refractivity contribution in [2.75, 3.05) is 38.2 Å². The number of piperidine rings is 2. The van der Waals surface area contributed by atoms with Crippen molar-refractivity contribution >= 4 is 34.2 Å². The van der Waals surface area contributed by atoms with Crippen molar-refractivity contribution in [2.24, 2.45) is 5.92 Å². The highest BCUT2D eigenvalue weighted by Gasteiger charge is 2.33. The first-order valence-corrected chi connectivity index (χ1v) is 13.3. The van der Waals surface area contributed by atoms with Gasteiger partial charge in [-0.15, -0.1) is 0 Å². The largest absolute Gasteiger partial charge is 0.609 e. The van der Waals surface area contributed by atoms with Gasteiger partial charge in [0.15, 0.2) is 5.65 Å². The number of carbonyl (C=O) groups is 1. The lowest BCUT2D eigenvalue weighted by Gasteiger charge is -2.37. The standard InChI is InChI=1S/C23H30N8O2S/c1-34(33)23-28-19-3-2-8-25-20(19)31(23)18-6-11-30(12-7-18)21(32)17-4-9-29(10-5-17)15-16-13-26-22(24)27-14-16/h2-3,8,13-14,17-18H,4-7,9-12,15H2,1H3,(H2,24,26,27). The zero-order chi connectivity index (χ0) is 23.7. The molecule has 5 rings (SSSR count).